The lowest BCUT2D eigenvalue weighted by Crippen LogP contribution is -2.35. The molecule has 0 aliphatic rings. The molecule has 1 N–H and O–H groups in total. The van der Waals surface area contributed by atoms with Gasteiger partial charge in [-0.2, -0.15) is 0 Å². The van der Waals surface area contributed by atoms with E-state index in [1.165, 1.54) is 25.1 Å². The van der Waals surface area contributed by atoms with Crippen molar-refractivity contribution in [2.24, 2.45) is 0 Å². The van der Waals surface area contributed by atoms with Crippen LogP contribution in [0.4, 0.5) is 4.39 Å². The minimum Gasteiger partial charge on any atom is -0.449 e. The van der Waals surface area contributed by atoms with E-state index in [0.29, 0.717) is 23.3 Å². The van der Waals surface area contributed by atoms with Gasteiger partial charge in [0, 0.05) is 13.1 Å². The molecule has 0 bridgehead atoms. The fourth-order valence-corrected chi connectivity index (χ4v) is 3.03. The maximum Gasteiger partial charge on any atom is 0.338 e. The molecule has 1 heterocycles. The van der Waals surface area contributed by atoms with Crippen LogP contribution in [0.5, 0.6) is 0 Å². The van der Waals surface area contributed by atoms with Gasteiger partial charge in [0.25, 0.3) is 11.5 Å². The van der Waals surface area contributed by atoms with Gasteiger partial charge in [-0.1, -0.05) is 12.1 Å². The number of carbonyl (C=O) groups excluding carboxylic acids is 2. The fourth-order valence-electron chi connectivity index (χ4n) is 3.03. The Bertz CT molecular complexity index is 1160. The van der Waals surface area contributed by atoms with Crippen molar-refractivity contribution < 1.29 is 18.7 Å². The molecule has 2 aromatic carbocycles. The Morgan fingerprint density at radius 1 is 1.20 bits per heavy atom. The van der Waals surface area contributed by atoms with E-state index in [2.05, 4.69) is 10.3 Å². The molecule has 0 radical (unpaired) electrons. The largest absolute Gasteiger partial charge is 0.449 e. The highest BCUT2D eigenvalue weighted by Gasteiger charge is 2.19. The molecular formula is C22H22FN3O4. The van der Waals surface area contributed by atoms with Gasteiger partial charge in [-0.3, -0.25) is 9.59 Å². The molecule has 30 heavy (non-hydrogen) atoms. The van der Waals surface area contributed by atoms with E-state index >= 15 is 0 Å². The summed E-state index contributed by atoms with van der Waals surface area (Å²) in [5.74, 6) is -1.50. The van der Waals surface area contributed by atoms with Crippen molar-refractivity contribution in [3.8, 4) is 0 Å². The summed E-state index contributed by atoms with van der Waals surface area (Å²) in [5.41, 5.74) is 2.23. The highest BCUT2D eigenvalue weighted by Crippen LogP contribution is 2.15. The van der Waals surface area contributed by atoms with Gasteiger partial charge in [0.05, 0.1) is 16.6 Å². The number of carbonyl (C=O) groups is 2. The number of amides is 1. The van der Waals surface area contributed by atoms with E-state index in [-0.39, 0.29) is 23.5 Å². The van der Waals surface area contributed by atoms with Crippen LogP contribution < -0.4 is 10.9 Å². The summed E-state index contributed by atoms with van der Waals surface area (Å²) in [5, 5.41) is 2.64. The van der Waals surface area contributed by atoms with Gasteiger partial charge in [-0.15, -0.1) is 0 Å². The summed E-state index contributed by atoms with van der Waals surface area (Å²) in [6, 6.07) is 10.5. The van der Waals surface area contributed by atoms with Crippen molar-refractivity contribution in [1.82, 2.24) is 14.9 Å². The Morgan fingerprint density at radius 2 is 1.90 bits per heavy atom. The van der Waals surface area contributed by atoms with E-state index in [4.69, 9.17) is 4.74 Å². The molecule has 0 spiro atoms. The molecule has 8 heteroatoms. The Morgan fingerprint density at radius 3 is 2.57 bits per heavy atom. The van der Waals surface area contributed by atoms with Crippen LogP contribution in [0.3, 0.4) is 0 Å². The zero-order valence-electron chi connectivity index (χ0n) is 16.9. The molecule has 7 nitrogen and oxygen atoms in total. The summed E-state index contributed by atoms with van der Waals surface area (Å²) >= 11 is 0. The molecule has 3 rings (SSSR count). The number of hydrogen-bond acceptors (Lipinski definition) is 5. The normalized spacial score (nSPS) is 11.9. The second-order valence-electron chi connectivity index (χ2n) is 6.84. The number of aromatic nitrogens is 2. The third kappa shape index (κ3) is 4.53. The van der Waals surface area contributed by atoms with E-state index in [1.54, 1.807) is 35.8 Å². The monoisotopic (exact) mass is 411 g/mol. The van der Waals surface area contributed by atoms with Gasteiger partial charge in [0.1, 0.15) is 11.5 Å². The van der Waals surface area contributed by atoms with Crippen molar-refractivity contribution in [3.63, 3.8) is 0 Å². The summed E-state index contributed by atoms with van der Waals surface area (Å²) in [7, 11) is 0. The molecule has 0 saturated carbocycles. The SMILES string of the molecule is CCn1c(=O)c(C)nc2cc(C(=O)O[C@H](C)C(=O)NCc3ccc(F)cc3)ccc21. The predicted molar refractivity (Wildman–Crippen MR) is 110 cm³/mol. The number of fused-ring (bicyclic) bond motifs is 1. The zero-order valence-corrected chi connectivity index (χ0v) is 16.9. The summed E-state index contributed by atoms with van der Waals surface area (Å²) < 4.78 is 19.8. The average molecular weight is 411 g/mol. The van der Waals surface area contributed by atoms with Crippen molar-refractivity contribution in [2.75, 3.05) is 0 Å². The first-order valence-electron chi connectivity index (χ1n) is 9.54. The molecule has 0 saturated heterocycles. The molecule has 0 unspecified atom stereocenters. The van der Waals surface area contributed by atoms with Crippen molar-refractivity contribution in [1.29, 1.82) is 0 Å². The van der Waals surface area contributed by atoms with Gasteiger partial charge >= 0.3 is 5.97 Å². The number of rotatable bonds is 6. The quantitative estimate of drug-likeness (QED) is 0.630. The standard InChI is InChI=1S/C22H22FN3O4/c1-4-26-19-10-7-16(11-18(19)25-13(2)21(26)28)22(29)30-14(3)20(27)24-12-15-5-8-17(23)9-6-15/h5-11,14H,4,12H2,1-3H3,(H,24,27)/t14-/m1/s1. The zero-order chi connectivity index (χ0) is 21.8. The highest BCUT2D eigenvalue weighted by molar-refractivity contribution is 5.95. The number of nitrogens with zero attached hydrogens (tertiary/aromatic N) is 2. The molecular weight excluding hydrogens is 389 g/mol. The molecule has 0 aliphatic carbocycles. The Balaban J connectivity index is 1.69. The van der Waals surface area contributed by atoms with Gasteiger partial charge in [0.2, 0.25) is 0 Å². The number of nitrogens with one attached hydrogen (secondary N) is 1. The predicted octanol–water partition coefficient (Wildman–Crippen LogP) is 2.73. The molecule has 0 aliphatic heterocycles. The van der Waals surface area contributed by atoms with Crippen LogP contribution in [-0.2, 0) is 22.6 Å². The maximum absolute atomic E-state index is 12.9. The molecule has 3 aromatic rings. The second-order valence-corrected chi connectivity index (χ2v) is 6.84. The molecule has 0 fully saturated rings. The fraction of sp³-hybridized carbons (Fsp3) is 0.273. The third-order valence-electron chi connectivity index (χ3n) is 4.69. The number of halogens is 1. The highest BCUT2D eigenvalue weighted by atomic mass is 19.1. The van der Waals surface area contributed by atoms with E-state index in [0.717, 1.165) is 5.56 Å². The van der Waals surface area contributed by atoms with Crippen LogP contribution in [-0.4, -0.2) is 27.5 Å². The lowest BCUT2D eigenvalue weighted by atomic mass is 10.2. The van der Waals surface area contributed by atoms with Crippen molar-refractivity contribution >= 4 is 22.9 Å². The summed E-state index contributed by atoms with van der Waals surface area (Å²) in [4.78, 5) is 41.1. The van der Waals surface area contributed by atoms with Gasteiger partial charge in [-0.25, -0.2) is 14.2 Å². The molecule has 156 valence electrons. The average Bonchev–Trinajstić information content (AvgIpc) is 2.73. The van der Waals surface area contributed by atoms with Crippen LogP contribution in [0, 0.1) is 12.7 Å². The number of hydrogen-bond donors (Lipinski definition) is 1. The van der Waals surface area contributed by atoms with Crippen molar-refractivity contribution in [3.05, 3.63) is 75.5 Å². The first-order valence-corrected chi connectivity index (χ1v) is 9.54. The van der Waals surface area contributed by atoms with Gasteiger partial charge < -0.3 is 14.6 Å². The minimum atomic E-state index is -1.02. The van der Waals surface area contributed by atoms with Crippen LogP contribution in [0.25, 0.3) is 11.0 Å². The number of benzene rings is 2. The van der Waals surface area contributed by atoms with Crippen LogP contribution in [0.15, 0.2) is 47.3 Å². The third-order valence-corrected chi connectivity index (χ3v) is 4.69. The van der Waals surface area contributed by atoms with E-state index in [1.807, 2.05) is 6.92 Å². The van der Waals surface area contributed by atoms with Gasteiger partial charge in [-0.05, 0) is 56.7 Å². The number of ether oxygens (including phenoxy) is 1. The Kier molecular flexibility index (Phi) is 6.25. The Hall–Kier alpha value is -3.55. The molecule has 1 aromatic heterocycles. The maximum atomic E-state index is 12.9. The van der Waals surface area contributed by atoms with Crippen LogP contribution in [0.1, 0.15) is 35.5 Å². The van der Waals surface area contributed by atoms with E-state index in [9.17, 15) is 18.8 Å². The summed E-state index contributed by atoms with van der Waals surface area (Å²) in [6.45, 7) is 5.61. The molecule has 1 amide bonds. The number of esters is 1. The smallest absolute Gasteiger partial charge is 0.338 e. The van der Waals surface area contributed by atoms with E-state index < -0.39 is 18.0 Å². The summed E-state index contributed by atoms with van der Waals surface area (Å²) in [6.07, 6.45) is -1.02. The first kappa shape index (κ1) is 21.2. The Labute approximate surface area is 172 Å². The second kappa shape index (κ2) is 8.86. The number of aryl methyl sites for hydroxylation is 2. The first-order chi connectivity index (χ1) is 14.3. The van der Waals surface area contributed by atoms with Crippen molar-refractivity contribution in [2.45, 2.75) is 40.0 Å². The van der Waals surface area contributed by atoms with Crippen LogP contribution >= 0.6 is 0 Å². The van der Waals surface area contributed by atoms with Crippen LogP contribution in [0.2, 0.25) is 0 Å². The topological polar surface area (TPSA) is 90.3 Å². The minimum absolute atomic E-state index is 0.174. The lowest BCUT2D eigenvalue weighted by molar-refractivity contribution is -0.129. The molecule has 1 atom stereocenters. The van der Waals surface area contributed by atoms with Gasteiger partial charge in [0.15, 0.2) is 6.10 Å². The lowest BCUT2D eigenvalue weighted by Gasteiger charge is -2.14.